The fraction of sp³-hybridized carbons (Fsp3) is 0.643. The van der Waals surface area contributed by atoms with E-state index in [0.29, 0.717) is 32.0 Å². The van der Waals surface area contributed by atoms with Crippen molar-refractivity contribution in [2.45, 2.75) is 31.3 Å². The van der Waals surface area contributed by atoms with Gasteiger partial charge >= 0.3 is 6.03 Å². The Balaban J connectivity index is 1.52. The summed E-state index contributed by atoms with van der Waals surface area (Å²) in [6, 6.07) is 0.0386. The van der Waals surface area contributed by atoms with Crippen LogP contribution in [-0.2, 0) is 4.74 Å². The highest BCUT2D eigenvalue weighted by molar-refractivity contribution is 6.33. The molecule has 8 nitrogen and oxygen atoms in total. The van der Waals surface area contributed by atoms with Crippen molar-refractivity contribution in [3.63, 3.8) is 0 Å². The Hall–Kier alpha value is -1.80. The number of carbonyl (C=O) groups excluding carboxylic acids is 1. The number of amides is 2. The summed E-state index contributed by atoms with van der Waals surface area (Å²) in [6.07, 6.45) is 4.02. The van der Waals surface area contributed by atoms with Crippen LogP contribution in [0.3, 0.4) is 0 Å². The third-order valence-electron chi connectivity index (χ3n) is 4.20. The zero-order chi connectivity index (χ0) is 16.2. The lowest BCUT2D eigenvalue weighted by Crippen LogP contribution is -2.48. The van der Waals surface area contributed by atoms with Gasteiger partial charge in [0.2, 0.25) is 0 Å². The lowest BCUT2D eigenvalue weighted by atomic mass is 10.1. The summed E-state index contributed by atoms with van der Waals surface area (Å²) in [4.78, 5) is 25.5. The van der Waals surface area contributed by atoms with Gasteiger partial charge in [-0.05, 0) is 19.3 Å². The van der Waals surface area contributed by atoms with Gasteiger partial charge in [0, 0.05) is 38.4 Å². The maximum Gasteiger partial charge on any atom is 0.315 e. The first kappa shape index (κ1) is 16.1. The normalized spacial score (nSPS) is 22.1. The molecule has 3 heterocycles. The van der Waals surface area contributed by atoms with E-state index in [0.717, 1.165) is 19.3 Å². The number of hydrogen-bond donors (Lipinski definition) is 3. The van der Waals surface area contributed by atoms with Gasteiger partial charge in [-0.25, -0.2) is 9.89 Å². The van der Waals surface area contributed by atoms with Gasteiger partial charge in [0.05, 0.1) is 11.9 Å². The van der Waals surface area contributed by atoms with Gasteiger partial charge in [0.15, 0.2) is 0 Å². The number of anilines is 1. The second-order valence-corrected chi connectivity index (χ2v) is 6.21. The van der Waals surface area contributed by atoms with Crippen LogP contribution in [0, 0.1) is 0 Å². The second-order valence-electron chi connectivity index (χ2n) is 5.83. The number of nitrogens with zero attached hydrogens (tertiary/aromatic N) is 2. The van der Waals surface area contributed by atoms with Crippen LogP contribution in [-0.4, -0.2) is 54.6 Å². The fourth-order valence-corrected chi connectivity index (χ4v) is 3.16. The molecule has 0 saturated carbocycles. The summed E-state index contributed by atoms with van der Waals surface area (Å²) >= 11 is 6.02. The van der Waals surface area contributed by atoms with Crippen molar-refractivity contribution in [1.29, 1.82) is 0 Å². The molecule has 2 saturated heterocycles. The van der Waals surface area contributed by atoms with Crippen LogP contribution in [0.25, 0.3) is 0 Å². The highest BCUT2D eigenvalue weighted by Gasteiger charge is 2.27. The predicted molar refractivity (Wildman–Crippen MR) is 86.0 cm³/mol. The number of halogens is 1. The summed E-state index contributed by atoms with van der Waals surface area (Å²) in [5.41, 5.74) is 0.197. The van der Waals surface area contributed by atoms with E-state index in [2.05, 4.69) is 20.8 Å². The minimum Gasteiger partial charge on any atom is -0.381 e. The van der Waals surface area contributed by atoms with E-state index in [1.807, 2.05) is 4.90 Å². The maximum absolute atomic E-state index is 12.1. The van der Waals surface area contributed by atoms with Crippen molar-refractivity contribution < 1.29 is 9.53 Å². The molecule has 2 amide bonds. The molecule has 23 heavy (non-hydrogen) atoms. The monoisotopic (exact) mass is 341 g/mol. The lowest BCUT2D eigenvalue weighted by molar-refractivity contribution is 0.0800. The minimum absolute atomic E-state index is 0.0187. The molecular weight excluding hydrogens is 322 g/mol. The van der Waals surface area contributed by atoms with Gasteiger partial charge in [-0.2, -0.15) is 5.10 Å². The van der Waals surface area contributed by atoms with Crippen LogP contribution in [0.1, 0.15) is 19.3 Å². The number of rotatable bonds is 3. The molecule has 0 bridgehead atoms. The van der Waals surface area contributed by atoms with E-state index in [9.17, 15) is 9.59 Å². The van der Waals surface area contributed by atoms with Gasteiger partial charge in [-0.1, -0.05) is 11.6 Å². The number of carbonyl (C=O) groups is 1. The Morgan fingerprint density at radius 2 is 2.04 bits per heavy atom. The van der Waals surface area contributed by atoms with E-state index < -0.39 is 5.56 Å². The highest BCUT2D eigenvalue weighted by atomic mass is 35.5. The Morgan fingerprint density at radius 3 is 2.83 bits per heavy atom. The van der Waals surface area contributed by atoms with E-state index in [1.54, 1.807) is 0 Å². The van der Waals surface area contributed by atoms with E-state index in [1.165, 1.54) is 6.20 Å². The molecule has 0 aliphatic carbocycles. The molecule has 1 aromatic rings. The first-order valence-corrected chi connectivity index (χ1v) is 8.14. The molecule has 3 N–H and O–H groups in total. The first-order chi connectivity index (χ1) is 11.1. The lowest BCUT2D eigenvalue weighted by Gasteiger charge is -2.24. The van der Waals surface area contributed by atoms with Crippen LogP contribution in [0.2, 0.25) is 5.02 Å². The second kappa shape index (κ2) is 7.18. The van der Waals surface area contributed by atoms with E-state index >= 15 is 0 Å². The molecule has 0 radical (unpaired) electrons. The molecule has 9 heteroatoms. The first-order valence-electron chi connectivity index (χ1n) is 7.76. The van der Waals surface area contributed by atoms with Gasteiger partial charge < -0.3 is 20.3 Å². The largest absolute Gasteiger partial charge is 0.381 e. The Labute approximate surface area is 138 Å². The van der Waals surface area contributed by atoms with Crippen molar-refractivity contribution in [2.24, 2.45) is 0 Å². The average molecular weight is 342 g/mol. The fourth-order valence-electron chi connectivity index (χ4n) is 2.95. The molecule has 1 atom stereocenters. The number of H-pyrrole nitrogens is 1. The van der Waals surface area contributed by atoms with Crippen LogP contribution < -0.4 is 21.1 Å². The van der Waals surface area contributed by atoms with Crippen LogP contribution in [0.4, 0.5) is 10.5 Å². The topological polar surface area (TPSA) is 99.3 Å². The average Bonchev–Trinajstić information content (AvgIpc) is 2.99. The Morgan fingerprint density at radius 1 is 1.30 bits per heavy atom. The Kier molecular flexibility index (Phi) is 5.02. The Bertz CT molecular complexity index is 617. The van der Waals surface area contributed by atoms with Crippen LogP contribution in [0.15, 0.2) is 11.0 Å². The predicted octanol–water partition coefficient (Wildman–Crippen LogP) is 0.480. The van der Waals surface area contributed by atoms with E-state index in [-0.39, 0.29) is 23.1 Å². The molecule has 2 aliphatic rings. The summed E-state index contributed by atoms with van der Waals surface area (Å²) in [6.45, 7) is 2.70. The van der Waals surface area contributed by atoms with Crippen molar-refractivity contribution in [3.05, 3.63) is 21.6 Å². The van der Waals surface area contributed by atoms with Crippen molar-refractivity contribution in [3.8, 4) is 0 Å². The standard InChI is InChI=1S/C14H20ClN5O3/c15-12-11(7-16-19-13(12)21)20-4-1-10(8-20)18-14(22)17-9-2-5-23-6-3-9/h7,9-10H,1-6,8H2,(H,19,21)(H2,17,18,22). The summed E-state index contributed by atoms with van der Waals surface area (Å²) in [5.74, 6) is 0. The molecule has 2 fully saturated rings. The van der Waals surface area contributed by atoms with Crippen molar-refractivity contribution in [2.75, 3.05) is 31.2 Å². The van der Waals surface area contributed by atoms with Crippen molar-refractivity contribution >= 4 is 23.3 Å². The van der Waals surface area contributed by atoms with Gasteiger partial charge in [-0.15, -0.1) is 0 Å². The molecule has 2 aliphatic heterocycles. The molecule has 3 rings (SSSR count). The molecule has 1 unspecified atom stereocenters. The number of aromatic amines is 1. The zero-order valence-electron chi connectivity index (χ0n) is 12.7. The van der Waals surface area contributed by atoms with Crippen molar-refractivity contribution in [1.82, 2.24) is 20.8 Å². The molecule has 1 aromatic heterocycles. The number of nitrogens with one attached hydrogen (secondary N) is 3. The SMILES string of the molecule is O=C(NC1CCOCC1)NC1CCN(c2cn[nH]c(=O)c2Cl)C1. The third kappa shape index (κ3) is 3.94. The molecule has 126 valence electrons. The number of ether oxygens (including phenoxy) is 1. The highest BCUT2D eigenvalue weighted by Crippen LogP contribution is 2.24. The number of aromatic nitrogens is 2. The van der Waals surface area contributed by atoms with Crippen LogP contribution >= 0.6 is 11.6 Å². The molecular formula is C14H20ClN5O3. The van der Waals surface area contributed by atoms with Gasteiger partial charge in [0.1, 0.15) is 5.02 Å². The molecule has 0 aromatic carbocycles. The maximum atomic E-state index is 12.1. The zero-order valence-corrected chi connectivity index (χ0v) is 13.4. The number of hydrogen-bond acceptors (Lipinski definition) is 5. The quantitative estimate of drug-likeness (QED) is 0.742. The van der Waals surface area contributed by atoms with Gasteiger partial charge in [0.25, 0.3) is 5.56 Å². The van der Waals surface area contributed by atoms with Crippen LogP contribution in [0.5, 0.6) is 0 Å². The summed E-state index contributed by atoms with van der Waals surface area (Å²) < 4.78 is 5.27. The number of urea groups is 1. The summed E-state index contributed by atoms with van der Waals surface area (Å²) in [5, 5.41) is 12.2. The summed E-state index contributed by atoms with van der Waals surface area (Å²) in [7, 11) is 0. The minimum atomic E-state index is -0.405. The molecule has 0 spiro atoms. The smallest absolute Gasteiger partial charge is 0.315 e. The van der Waals surface area contributed by atoms with Gasteiger partial charge in [-0.3, -0.25) is 4.79 Å². The third-order valence-corrected chi connectivity index (χ3v) is 4.56. The van der Waals surface area contributed by atoms with E-state index in [4.69, 9.17) is 16.3 Å².